The van der Waals surface area contributed by atoms with Gasteiger partial charge in [0.05, 0.1) is 19.9 Å². The standard InChI is InChI=1S/C23H18ClN3O5/c1-31-17-9-10-19(20(13-17)32-2)27-22(29)18(21(28)25-23(27)30)12-16-4-3-11-26(16)15-7-5-14(24)6-8-15/h3-13H,1-2H3,(H,25,28,30)/b18-12+. The van der Waals surface area contributed by atoms with Crippen molar-refractivity contribution in [3.8, 4) is 17.2 Å². The summed E-state index contributed by atoms with van der Waals surface area (Å²) in [6.45, 7) is 0. The van der Waals surface area contributed by atoms with Crippen LogP contribution in [0.25, 0.3) is 11.8 Å². The summed E-state index contributed by atoms with van der Waals surface area (Å²) in [6, 6.07) is 14.4. The summed E-state index contributed by atoms with van der Waals surface area (Å²) in [5, 5.41) is 2.80. The van der Waals surface area contributed by atoms with Gasteiger partial charge in [0.1, 0.15) is 17.1 Å². The van der Waals surface area contributed by atoms with Gasteiger partial charge in [0.2, 0.25) is 0 Å². The molecule has 8 nitrogen and oxygen atoms in total. The number of benzene rings is 2. The monoisotopic (exact) mass is 451 g/mol. The number of nitrogens with one attached hydrogen (secondary N) is 1. The fourth-order valence-corrected chi connectivity index (χ4v) is 3.47. The molecule has 0 saturated carbocycles. The number of anilines is 1. The number of carbonyl (C=O) groups excluding carboxylic acids is 3. The first-order valence-electron chi connectivity index (χ1n) is 9.49. The molecule has 1 aliphatic rings. The van der Waals surface area contributed by atoms with Gasteiger partial charge in [0.15, 0.2) is 0 Å². The maximum Gasteiger partial charge on any atom is 0.336 e. The highest BCUT2D eigenvalue weighted by Crippen LogP contribution is 2.34. The number of halogens is 1. The highest BCUT2D eigenvalue weighted by atomic mass is 35.5. The van der Waals surface area contributed by atoms with E-state index in [9.17, 15) is 14.4 Å². The van der Waals surface area contributed by atoms with Gasteiger partial charge in [-0.2, -0.15) is 0 Å². The molecule has 1 N–H and O–H groups in total. The molecule has 2 aromatic carbocycles. The lowest BCUT2D eigenvalue weighted by atomic mass is 10.1. The van der Waals surface area contributed by atoms with Crippen molar-refractivity contribution in [2.75, 3.05) is 19.1 Å². The smallest absolute Gasteiger partial charge is 0.336 e. The molecule has 0 bridgehead atoms. The number of carbonyl (C=O) groups is 3. The number of hydrogen-bond acceptors (Lipinski definition) is 5. The Balaban J connectivity index is 1.75. The lowest BCUT2D eigenvalue weighted by Crippen LogP contribution is -2.54. The van der Waals surface area contributed by atoms with Crippen molar-refractivity contribution in [1.82, 2.24) is 9.88 Å². The molecule has 1 fully saturated rings. The first-order chi connectivity index (χ1) is 15.4. The van der Waals surface area contributed by atoms with Crippen molar-refractivity contribution in [3.63, 3.8) is 0 Å². The highest BCUT2D eigenvalue weighted by Gasteiger charge is 2.38. The minimum absolute atomic E-state index is 0.183. The van der Waals surface area contributed by atoms with Crippen LogP contribution in [-0.4, -0.2) is 36.6 Å². The number of nitrogens with zero attached hydrogens (tertiary/aromatic N) is 2. The van der Waals surface area contributed by atoms with E-state index in [1.54, 1.807) is 47.2 Å². The van der Waals surface area contributed by atoms with E-state index in [-0.39, 0.29) is 17.0 Å². The number of imide groups is 2. The Bertz CT molecular complexity index is 1250. The van der Waals surface area contributed by atoms with Gasteiger partial charge in [0.25, 0.3) is 11.8 Å². The lowest BCUT2D eigenvalue weighted by Gasteiger charge is -2.27. The fraction of sp³-hybridized carbons (Fsp3) is 0.0870. The number of rotatable bonds is 5. The van der Waals surface area contributed by atoms with Gasteiger partial charge in [0, 0.05) is 28.7 Å². The summed E-state index contributed by atoms with van der Waals surface area (Å²) < 4.78 is 12.3. The molecule has 0 atom stereocenters. The predicted octanol–water partition coefficient (Wildman–Crippen LogP) is 3.81. The molecule has 1 aromatic heterocycles. The maximum atomic E-state index is 13.3. The summed E-state index contributed by atoms with van der Waals surface area (Å²) >= 11 is 5.96. The second-order valence-corrected chi connectivity index (χ2v) is 7.21. The van der Waals surface area contributed by atoms with Crippen LogP contribution in [0, 0.1) is 0 Å². The zero-order valence-electron chi connectivity index (χ0n) is 17.2. The molecule has 0 aliphatic carbocycles. The first kappa shape index (κ1) is 21.2. The van der Waals surface area contributed by atoms with Crippen molar-refractivity contribution < 1.29 is 23.9 Å². The number of ether oxygens (including phenoxy) is 2. The molecule has 32 heavy (non-hydrogen) atoms. The molecule has 162 valence electrons. The third kappa shape index (κ3) is 3.83. The van der Waals surface area contributed by atoms with Crippen LogP contribution in [0.5, 0.6) is 11.5 Å². The van der Waals surface area contributed by atoms with E-state index in [1.807, 2.05) is 12.1 Å². The molecule has 0 radical (unpaired) electrons. The minimum Gasteiger partial charge on any atom is -0.497 e. The maximum absolute atomic E-state index is 13.3. The normalized spacial score (nSPS) is 15.2. The number of barbiturate groups is 1. The summed E-state index contributed by atoms with van der Waals surface area (Å²) in [4.78, 5) is 39.2. The van der Waals surface area contributed by atoms with Crippen LogP contribution >= 0.6 is 11.6 Å². The number of hydrogen-bond donors (Lipinski definition) is 1. The van der Waals surface area contributed by atoms with Gasteiger partial charge in [-0.25, -0.2) is 9.69 Å². The Morgan fingerprint density at radius 3 is 2.41 bits per heavy atom. The summed E-state index contributed by atoms with van der Waals surface area (Å²) in [6.07, 6.45) is 3.22. The zero-order chi connectivity index (χ0) is 22.8. The average Bonchev–Trinajstić information content (AvgIpc) is 3.25. The number of methoxy groups -OCH3 is 2. The summed E-state index contributed by atoms with van der Waals surface area (Å²) in [5.74, 6) is -0.826. The molecule has 0 unspecified atom stereocenters. The van der Waals surface area contributed by atoms with E-state index < -0.39 is 17.8 Å². The minimum atomic E-state index is -0.867. The second-order valence-electron chi connectivity index (χ2n) is 6.78. The van der Waals surface area contributed by atoms with Gasteiger partial charge in [-0.3, -0.25) is 14.9 Å². The van der Waals surface area contributed by atoms with Crippen LogP contribution < -0.4 is 19.7 Å². The molecule has 0 spiro atoms. The van der Waals surface area contributed by atoms with Crippen LogP contribution in [0.4, 0.5) is 10.5 Å². The van der Waals surface area contributed by atoms with Crippen molar-refractivity contribution >= 4 is 41.2 Å². The van der Waals surface area contributed by atoms with Crippen LogP contribution in [-0.2, 0) is 9.59 Å². The summed E-state index contributed by atoms with van der Waals surface area (Å²) in [5.41, 5.74) is 1.35. The van der Waals surface area contributed by atoms with Crippen molar-refractivity contribution in [2.24, 2.45) is 0 Å². The van der Waals surface area contributed by atoms with Crippen LogP contribution in [0.2, 0.25) is 5.02 Å². The van der Waals surface area contributed by atoms with Crippen molar-refractivity contribution in [3.05, 3.63) is 77.1 Å². The van der Waals surface area contributed by atoms with Gasteiger partial charge in [-0.15, -0.1) is 0 Å². The number of urea groups is 1. The molecule has 2 heterocycles. The highest BCUT2D eigenvalue weighted by molar-refractivity contribution is 6.39. The number of amides is 4. The van der Waals surface area contributed by atoms with Crippen LogP contribution in [0.1, 0.15) is 5.69 Å². The van der Waals surface area contributed by atoms with E-state index in [4.69, 9.17) is 21.1 Å². The summed E-state index contributed by atoms with van der Waals surface area (Å²) in [7, 11) is 2.90. The Hall–Kier alpha value is -4.04. The number of aromatic nitrogens is 1. The van der Waals surface area contributed by atoms with Crippen LogP contribution in [0.3, 0.4) is 0 Å². The molecule has 3 aromatic rings. The topological polar surface area (TPSA) is 89.9 Å². The van der Waals surface area contributed by atoms with Gasteiger partial charge in [-0.05, 0) is 54.6 Å². The van der Waals surface area contributed by atoms with Crippen molar-refractivity contribution in [1.29, 1.82) is 0 Å². The molecule has 1 saturated heterocycles. The van der Waals surface area contributed by atoms with E-state index in [1.165, 1.54) is 26.4 Å². The second kappa shape index (κ2) is 8.60. The van der Waals surface area contributed by atoms with E-state index >= 15 is 0 Å². The molecule has 9 heteroatoms. The fourth-order valence-electron chi connectivity index (χ4n) is 3.34. The zero-order valence-corrected chi connectivity index (χ0v) is 17.9. The Labute approximate surface area is 188 Å². The Morgan fingerprint density at radius 1 is 0.969 bits per heavy atom. The third-order valence-corrected chi connectivity index (χ3v) is 5.16. The largest absolute Gasteiger partial charge is 0.497 e. The molecular weight excluding hydrogens is 434 g/mol. The predicted molar refractivity (Wildman–Crippen MR) is 119 cm³/mol. The van der Waals surface area contributed by atoms with E-state index in [0.717, 1.165) is 10.6 Å². The van der Waals surface area contributed by atoms with Gasteiger partial charge < -0.3 is 14.0 Å². The molecular formula is C23H18ClN3O5. The Kier molecular flexibility index (Phi) is 5.70. The quantitative estimate of drug-likeness (QED) is 0.470. The Morgan fingerprint density at radius 2 is 1.72 bits per heavy atom. The van der Waals surface area contributed by atoms with Crippen LogP contribution in [0.15, 0.2) is 66.4 Å². The molecule has 4 amide bonds. The SMILES string of the molecule is COc1ccc(N2C(=O)NC(=O)/C(=C\c3cccn3-c3ccc(Cl)cc3)C2=O)c(OC)c1. The first-order valence-corrected chi connectivity index (χ1v) is 9.87. The van der Waals surface area contributed by atoms with E-state index in [0.29, 0.717) is 16.5 Å². The lowest BCUT2D eigenvalue weighted by molar-refractivity contribution is -0.122. The molecule has 1 aliphatic heterocycles. The molecule has 4 rings (SSSR count). The van der Waals surface area contributed by atoms with Gasteiger partial charge >= 0.3 is 6.03 Å². The third-order valence-electron chi connectivity index (χ3n) is 4.91. The van der Waals surface area contributed by atoms with Gasteiger partial charge in [-0.1, -0.05) is 11.6 Å². The van der Waals surface area contributed by atoms with Crippen molar-refractivity contribution in [2.45, 2.75) is 0 Å². The average molecular weight is 452 g/mol. The van der Waals surface area contributed by atoms with E-state index in [2.05, 4.69) is 5.32 Å².